The fourth-order valence-electron chi connectivity index (χ4n) is 2.98. The van der Waals surface area contributed by atoms with E-state index in [1.165, 1.54) is 11.0 Å². The van der Waals surface area contributed by atoms with E-state index in [4.69, 9.17) is 10.5 Å². The fourth-order valence-corrected chi connectivity index (χ4v) is 3.80. The Morgan fingerprint density at radius 3 is 2.71 bits per heavy atom. The molecule has 1 fully saturated rings. The average molecular weight is 476 g/mol. The highest BCUT2D eigenvalue weighted by Crippen LogP contribution is 2.24. The molecule has 1 aromatic carbocycles. The molecule has 0 saturated carbocycles. The Bertz CT molecular complexity index is 808. The smallest absolute Gasteiger partial charge is 0.334 e. The number of hydrogen-bond acceptors (Lipinski definition) is 9. The molecule has 0 spiro atoms. The third-order valence-corrected chi connectivity index (χ3v) is 5.85. The van der Waals surface area contributed by atoms with Crippen molar-refractivity contribution in [3.8, 4) is 5.75 Å². The first-order chi connectivity index (χ1) is 14.2. The van der Waals surface area contributed by atoms with Gasteiger partial charge in [-0.2, -0.15) is 0 Å². The summed E-state index contributed by atoms with van der Waals surface area (Å²) in [6, 6.07) is 4.91. The molecule has 2 rings (SSSR count). The summed E-state index contributed by atoms with van der Waals surface area (Å²) >= 11 is 1.01. The Morgan fingerprint density at radius 2 is 2.06 bits per heavy atom. The molecule has 2 N–H and O–H groups in total. The van der Waals surface area contributed by atoms with E-state index in [0.29, 0.717) is 24.9 Å². The summed E-state index contributed by atoms with van der Waals surface area (Å²) in [5, 5.41) is 9.23. The number of hydrogen-bond donors (Lipinski definition) is 1. The van der Waals surface area contributed by atoms with E-state index in [-0.39, 0.29) is 41.5 Å². The second-order valence-corrected chi connectivity index (χ2v) is 8.10. The first kappa shape index (κ1) is 26.7. The van der Waals surface area contributed by atoms with Crippen molar-refractivity contribution in [3.05, 3.63) is 39.9 Å². The van der Waals surface area contributed by atoms with Gasteiger partial charge in [-0.05, 0) is 37.5 Å². The van der Waals surface area contributed by atoms with E-state index in [1.54, 1.807) is 32.0 Å². The zero-order valence-corrected chi connectivity index (χ0v) is 18.9. The predicted molar refractivity (Wildman–Crippen MR) is 116 cm³/mol. The van der Waals surface area contributed by atoms with Crippen LogP contribution in [0.1, 0.15) is 32.3 Å². The van der Waals surface area contributed by atoms with Crippen molar-refractivity contribution in [2.45, 2.75) is 45.4 Å². The number of amides is 1. The van der Waals surface area contributed by atoms with Crippen molar-refractivity contribution in [1.29, 1.82) is 0 Å². The van der Waals surface area contributed by atoms with Gasteiger partial charge in [-0.15, -0.1) is 22.5 Å². The van der Waals surface area contributed by atoms with Gasteiger partial charge in [-0.3, -0.25) is 9.59 Å². The van der Waals surface area contributed by atoms with Crippen LogP contribution in [0.25, 0.3) is 0 Å². The minimum absolute atomic E-state index is 0. The van der Waals surface area contributed by atoms with E-state index >= 15 is 0 Å². The number of likely N-dealkylation sites (tertiary alicyclic amines) is 1. The SMILES string of the molecule is CC(N)C(=O)SC[C@@H](C)C(=O)N1CCC[C@H]1C(=O)Oc1cccc(CO[N+](=O)[O-])c1.Cl. The van der Waals surface area contributed by atoms with Gasteiger partial charge in [0.15, 0.2) is 0 Å². The molecule has 0 aliphatic carbocycles. The van der Waals surface area contributed by atoms with E-state index in [2.05, 4.69) is 4.84 Å². The Labute approximate surface area is 190 Å². The van der Waals surface area contributed by atoms with E-state index in [9.17, 15) is 24.5 Å². The molecule has 10 nitrogen and oxygen atoms in total. The standard InChI is InChI=1S/C19H25N3O7S.ClH/c1-12(11-30-19(25)13(2)20)17(23)21-8-4-7-16(21)18(24)29-15-6-3-5-14(9-15)10-28-22(26)27;/h3,5-6,9,12-13,16H,4,7-8,10-11,20H2,1-2H3;1H/t12-,13?,16+;/m1./s1. The highest BCUT2D eigenvalue weighted by atomic mass is 35.5. The number of carbonyl (C=O) groups excluding carboxylic acids is 3. The molecule has 1 amide bonds. The number of halogens is 1. The van der Waals surface area contributed by atoms with Crippen LogP contribution in [0, 0.1) is 16.0 Å². The van der Waals surface area contributed by atoms with Crippen LogP contribution in [0.3, 0.4) is 0 Å². The van der Waals surface area contributed by atoms with Crippen LogP contribution in [-0.4, -0.2) is 51.4 Å². The Balaban J connectivity index is 0.00000480. The summed E-state index contributed by atoms with van der Waals surface area (Å²) in [6.07, 6.45) is 1.15. The Hall–Kier alpha value is -2.37. The third kappa shape index (κ3) is 8.00. The second kappa shape index (κ2) is 12.5. The number of thioether (sulfide) groups is 1. The topological polar surface area (TPSA) is 142 Å². The lowest BCUT2D eigenvalue weighted by atomic mass is 10.1. The molecule has 172 valence electrons. The van der Waals surface area contributed by atoms with Gasteiger partial charge in [0, 0.05) is 18.2 Å². The molecular weight excluding hydrogens is 450 g/mol. The van der Waals surface area contributed by atoms with Crippen LogP contribution in [0.4, 0.5) is 0 Å². The van der Waals surface area contributed by atoms with E-state index in [1.807, 2.05) is 0 Å². The third-order valence-electron chi connectivity index (χ3n) is 4.53. The normalized spacial score (nSPS) is 17.3. The van der Waals surface area contributed by atoms with Crippen molar-refractivity contribution in [1.82, 2.24) is 4.90 Å². The van der Waals surface area contributed by atoms with Gasteiger partial charge in [-0.25, -0.2) is 4.79 Å². The molecule has 1 aromatic rings. The molecule has 1 unspecified atom stereocenters. The van der Waals surface area contributed by atoms with Crippen LogP contribution < -0.4 is 10.5 Å². The molecule has 1 aliphatic rings. The van der Waals surface area contributed by atoms with Crippen LogP contribution in [0.2, 0.25) is 0 Å². The average Bonchev–Trinajstić information content (AvgIpc) is 3.19. The molecule has 0 radical (unpaired) electrons. The van der Waals surface area contributed by atoms with Crippen molar-refractivity contribution >= 4 is 41.2 Å². The largest absolute Gasteiger partial charge is 0.425 e. The highest BCUT2D eigenvalue weighted by molar-refractivity contribution is 8.13. The van der Waals surface area contributed by atoms with Gasteiger partial charge in [0.1, 0.15) is 18.4 Å². The molecule has 1 heterocycles. The monoisotopic (exact) mass is 475 g/mol. The molecular formula is C19H26ClN3O7S. The van der Waals surface area contributed by atoms with Gasteiger partial charge >= 0.3 is 5.97 Å². The van der Waals surface area contributed by atoms with E-state index < -0.39 is 29.1 Å². The highest BCUT2D eigenvalue weighted by Gasteiger charge is 2.37. The van der Waals surface area contributed by atoms with Crippen molar-refractivity contribution < 1.29 is 29.0 Å². The van der Waals surface area contributed by atoms with Gasteiger partial charge < -0.3 is 20.2 Å². The lowest BCUT2D eigenvalue weighted by Gasteiger charge is -2.26. The molecule has 1 saturated heterocycles. The first-order valence-electron chi connectivity index (χ1n) is 9.49. The minimum Gasteiger partial charge on any atom is -0.425 e. The van der Waals surface area contributed by atoms with Crippen molar-refractivity contribution in [3.63, 3.8) is 0 Å². The van der Waals surface area contributed by atoms with Gasteiger partial charge in [0.2, 0.25) is 11.0 Å². The zero-order valence-electron chi connectivity index (χ0n) is 17.2. The number of benzene rings is 1. The van der Waals surface area contributed by atoms with E-state index in [0.717, 1.165) is 11.8 Å². The summed E-state index contributed by atoms with van der Waals surface area (Å²) in [6.45, 7) is 3.48. The number of rotatable bonds is 9. The van der Waals surface area contributed by atoms with Crippen LogP contribution in [0.15, 0.2) is 24.3 Å². The van der Waals surface area contributed by atoms with Gasteiger partial charge in [-0.1, -0.05) is 30.8 Å². The molecule has 1 aliphatic heterocycles. The summed E-state index contributed by atoms with van der Waals surface area (Å²) in [4.78, 5) is 53.2. The molecule has 0 aromatic heterocycles. The van der Waals surface area contributed by atoms with Crippen molar-refractivity contribution in [2.24, 2.45) is 11.7 Å². The van der Waals surface area contributed by atoms with Crippen LogP contribution in [0.5, 0.6) is 5.75 Å². The maximum absolute atomic E-state index is 12.8. The summed E-state index contributed by atoms with van der Waals surface area (Å²) in [5.41, 5.74) is 6.00. The number of carbonyl (C=O) groups is 3. The summed E-state index contributed by atoms with van der Waals surface area (Å²) < 4.78 is 5.40. The molecule has 3 atom stereocenters. The summed E-state index contributed by atoms with van der Waals surface area (Å²) in [5.74, 6) is -0.730. The number of nitrogens with zero attached hydrogens (tertiary/aromatic N) is 2. The second-order valence-electron chi connectivity index (χ2n) is 7.07. The number of nitrogens with two attached hydrogens (primary N) is 1. The Kier molecular flexibility index (Phi) is 10.7. The first-order valence-corrected chi connectivity index (χ1v) is 10.5. The fraction of sp³-hybridized carbons (Fsp3) is 0.526. The van der Waals surface area contributed by atoms with Gasteiger partial charge in [0.05, 0.1) is 6.04 Å². The molecule has 31 heavy (non-hydrogen) atoms. The lowest BCUT2D eigenvalue weighted by molar-refractivity contribution is -0.763. The van der Waals surface area contributed by atoms with Crippen LogP contribution >= 0.6 is 24.2 Å². The number of esters is 1. The quantitative estimate of drug-likeness (QED) is 0.245. The predicted octanol–water partition coefficient (Wildman–Crippen LogP) is 1.96. The molecule has 0 bridgehead atoms. The lowest BCUT2D eigenvalue weighted by Crippen LogP contribution is -2.45. The number of ether oxygens (including phenoxy) is 1. The molecule has 12 heteroatoms. The van der Waals surface area contributed by atoms with Crippen LogP contribution in [-0.2, 0) is 25.8 Å². The maximum Gasteiger partial charge on any atom is 0.334 e. The zero-order chi connectivity index (χ0) is 22.3. The van der Waals surface area contributed by atoms with Crippen molar-refractivity contribution in [2.75, 3.05) is 12.3 Å². The maximum atomic E-state index is 12.8. The van der Waals surface area contributed by atoms with Gasteiger partial charge in [0.25, 0.3) is 5.09 Å². The summed E-state index contributed by atoms with van der Waals surface area (Å²) in [7, 11) is 0. The minimum atomic E-state index is -0.901. The Morgan fingerprint density at radius 1 is 1.35 bits per heavy atom.